The van der Waals surface area contributed by atoms with Crippen LogP contribution in [0.15, 0.2) is 48.5 Å². The first kappa shape index (κ1) is 28.6. The normalized spacial score (nSPS) is 13.2. The van der Waals surface area contributed by atoms with E-state index in [0.29, 0.717) is 18.6 Å². The number of ether oxygens (including phenoxy) is 1. The summed E-state index contributed by atoms with van der Waals surface area (Å²) in [7, 11) is 0. The second kappa shape index (κ2) is 12.9. The number of benzene rings is 2. The van der Waals surface area contributed by atoms with Crippen LogP contribution in [0.4, 0.5) is 0 Å². The Kier molecular flexibility index (Phi) is 10.5. The summed E-state index contributed by atoms with van der Waals surface area (Å²) < 4.78 is 5.68. The molecule has 0 aliphatic rings. The van der Waals surface area contributed by atoms with Crippen molar-refractivity contribution >= 4 is 12.0 Å². The molecular weight excluding hydrogens is 440 g/mol. The monoisotopic (exact) mass is 482 g/mol. The number of carboxylic acids is 1. The highest BCUT2D eigenvalue weighted by Gasteiger charge is 2.31. The smallest absolute Gasteiger partial charge is 0.303 e. The number of carboxylic acid groups (broad SMARTS) is 1. The fourth-order valence-corrected chi connectivity index (χ4v) is 4.56. The lowest BCUT2D eigenvalue weighted by atomic mass is 9.70. The van der Waals surface area contributed by atoms with E-state index in [4.69, 9.17) is 9.84 Å². The number of rotatable bonds is 14. The maximum Gasteiger partial charge on any atom is 0.303 e. The van der Waals surface area contributed by atoms with E-state index in [-0.39, 0.29) is 24.9 Å². The molecule has 5 nitrogen and oxygen atoms in total. The third-order valence-corrected chi connectivity index (χ3v) is 7.37. The zero-order valence-corrected chi connectivity index (χ0v) is 21.9. The number of aliphatic hydroxyl groups excluding tert-OH is 1. The van der Waals surface area contributed by atoms with Crippen molar-refractivity contribution in [3.8, 4) is 5.75 Å². The maximum absolute atomic E-state index is 10.7. The number of aliphatic carboxylic acids is 1. The first-order valence-corrected chi connectivity index (χ1v) is 12.8. The third kappa shape index (κ3) is 7.42. The van der Waals surface area contributed by atoms with Crippen LogP contribution in [0.2, 0.25) is 0 Å². The zero-order valence-electron chi connectivity index (χ0n) is 21.9. The topological polar surface area (TPSA) is 87.0 Å². The van der Waals surface area contributed by atoms with Crippen LogP contribution >= 0.6 is 0 Å². The molecular formula is C30H42O5. The van der Waals surface area contributed by atoms with E-state index in [1.54, 1.807) is 0 Å². The molecule has 2 aromatic carbocycles. The van der Waals surface area contributed by atoms with Crippen molar-refractivity contribution in [3.63, 3.8) is 0 Å². The van der Waals surface area contributed by atoms with Gasteiger partial charge in [0.2, 0.25) is 0 Å². The van der Waals surface area contributed by atoms with Crippen LogP contribution in [-0.2, 0) is 10.2 Å². The first-order valence-electron chi connectivity index (χ1n) is 12.8. The molecule has 0 aromatic heterocycles. The highest BCUT2D eigenvalue weighted by Crippen LogP contribution is 2.40. The molecule has 3 N–H and O–H groups in total. The predicted octanol–water partition coefficient (Wildman–Crippen LogP) is 6.27. The third-order valence-electron chi connectivity index (χ3n) is 7.37. The minimum Gasteiger partial charge on any atom is -0.491 e. The molecule has 0 aliphatic heterocycles. The molecule has 0 saturated carbocycles. The number of hydrogen-bond donors (Lipinski definition) is 3. The summed E-state index contributed by atoms with van der Waals surface area (Å²) in [5, 5.41) is 29.3. The van der Waals surface area contributed by atoms with Crippen molar-refractivity contribution in [2.75, 3.05) is 6.61 Å². The van der Waals surface area contributed by atoms with Gasteiger partial charge in [0, 0.05) is 11.8 Å². The van der Waals surface area contributed by atoms with Gasteiger partial charge in [0.15, 0.2) is 0 Å². The summed E-state index contributed by atoms with van der Waals surface area (Å²) >= 11 is 0. The summed E-state index contributed by atoms with van der Waals surface area (Å²) in [6, 6.07) is 14.6. The first-order chi connectivity index (χ1) is 16.6. The van der Waals surface area contributed by atoms with Gasteiger partial charge in [0.25, 0.3) is 0 Å². The van der Waals surface area contributed by atoms with Crippen LogP contribution < -0.4 is 4.74 Å². The molecule has 0 spiro atoms. The van der Waals surface area contributed by atoms with E-state index >= 15 is 0 Å². The van der Waals surface area contributed by atoms with Gasteiger partial charge >= 0.3 is 5.97 Å². The molecule has 0 fully saturated rings. The largest absolute Gasteiger partial charge is 0.491 e. The summed E-state index contributed by atoms with van der Waals surface area (Å²) in [6.45, 7) is 10.6. The molecule has 5 heteroatoms. The van der Waals surface area contributed by atoms with Crippen molar-refractivity contribution in [2.24, 2.45) is 0 Å². The average Bonchev–Trinajstić information content (AvgIpc) is 2.87. The Morgan fingerprint density at radius 3 is 2.09 bits per heavy atom. The van der Waals surface area contributed by atoms with Crippen molar-refractivity contribution in [3.05, 3.63) is 70.8 Å². The fraction of sp³-hybridized carbons (Fsp3) is 0.500. The number of aryl methyl sites for hydroxylation is 1. The molecule has 0 radical (unpaired) electrons. The van der Waals surface area contributed by atoms with Gasteiger partial charge in [0.05, 0.1) is 11.7 Å². The average molecular weight is 483 g/mol. The molecule has 0 saturated heterocycles. The Bertz CT molecular complexity index is 969. The highest BCUT2D eigenvalue weighted by atomic mass is 16.5. The molecule has 0 unspecified atom stereocenters. The lowest BCUT2D eigenvalue weighted by Crippen LogP contribution is -2.26. The molecule has 2 aromatic rings. The van der Waals surface area contributed by atoms with Gasteiger partial charge in [-0.2, -0.15) is 0 Å². The number of aliphatic hydroxyl groups is 2. The molecule has 1 atom stereocenters. The minimum absolute atomic E-state index is 0.0681. The molecule has 192 valence electrons. The van der Waals surface area contributed by atoms with Crippen molar-refractivity contribution in [1.82, 2.24) is 0 Å². The van der Waals surface area contributed by atoms with Crippen LogP contribution in [0.5, 0.6) is 5.75 Å². The zero-order chi connectivity index (χ0) is 26.1. The Labute approximate surface area is 210 Å². The van der Waals surface area contributed by atoms with E-state index in [9.17, 15) is 15.0 Å². The van der Waals surface area contributed by atoms with E-state index in [1.165, 1.54) is 16.7 Å². The summed E-state index contributed by atoms with van der Waals surface area (Å²) in [4.78, 5) is 10.7. The van der Waals surface area contributed by atoms with Crippen LogP contribution in [0.1, 0.15) is 88.5 Å². The molecule has 0 amide bonds. The molecule has 0 bridgehead atoms. The Balaban J connectivity index is 2.23. The fourth-order valence-electron chi connectivity index (χ4n) is 4.56. The maximum atomic E-state index is 10.7. The second-order valence-corrected chi connectivity index (χ2v) is 9.43. The molecule has 2 rings (SSSR count). The van der Waals surface area contributed by atoms with E-state index in [2.05, 4.69) is 51.1 Å². The van der Waals surface area contributed by atoms with Gasteiger partial charge < -0.3 is 20.1 Å². The SMILES string of the molecule is CCC(O)(/C=C/c1ccc(C(CC)(CC)c2ccc(OC[C@@H](O)CCC(=O)O)cc2)cc1C)CC. The van der Waals surface area contributed by atoms with Gasteiger partial charge in [-0.25, -0.2) is 0 Å². The number of carbonyl (C=O) groups is 1. The van der Waals surface area contributed by atoms with E-state index in [1.807, 2.05) is 38.1 Å². The number of hydrogen-bond acceptors (Lipinski definition) is 4. The van der Waals surface area contributed by atoms with Gasteiger partial charge in [-0.3, -0.25) is 4.79 Å². The van der Waals surface area contributed by atoms with Crippen molar-refractivity contribution in [1.29, 1.82) is 0 Å². The second-order valence-electron chi connectivity index (χ2n) is 9.43. The predicted molar refractivity (Wildman–Crippen MR) is 142 cm³/mol. The summed E-state index contributed by atoms with van der Waals surface area (Å²) in [6.07, 6.45) is 6.49. The van der Waals surface area contributed by atoms with Crippen LogP contribution in [0, 0.1) is 6.92 Å². The van der Waals surface area contributed by atoms with Crippen molar-refractivity contribution < 1.29 is 24.9 Å². The standard InChI is InChI=1S/C30H42O5/c1-6-29(34,7-2)19-18-23-10-11-25(20-22(23)5)30(8-3,9-4)24-12-15-27(16-13-24)35-21-26(31)14-17-28(32)33/h10-13,15-16,18-20,26,31,34H,6-9,14,17,21H2,1-5H3,(H,32,33)/b19-18+/t26-/m0/s1. The van der Waals surface area contributed by atoms with Gasteiger partial charge in [-0.15, -0.1) is 0 Å². The van der Waals surface area contributed by atoms with Crippen molar-refractivity contribution in [2.45, 2.75) is 90.3 Å². The highest BCUT2D eigenvalue weighted by molar-refractivity contribution is 5.66. The molecule has 35 heavy (non-hydrogen) atoms. The Hall–Kier alpha value is -2.63. The minimum atomic E-state index is -0.924. The van der Waals surface area contributed by atoms with Gasteiger partial charge in [0.1, 0.15) is 12.4 Å². The lowest BCUT2D eigenvalue weighted by molar-refractivity contribution is -0.137. The Morgan fingerprint density at radius 1 is 0.971 bits per heavy atom. The Morgan fingerprint density at radius 2 is 1.57 bits per heavy atom. The van der Waals surface area contributed by atoms with Crippen LogP contribution in [0.25, 0.3) is 6.08 Å². The van der Waals surface area contributed by atoms with E-state index < -0.39 is 17.7 Å². The van der Waals surface area contributed by atoms with Crippen LogP contribution in [-0.4, -0.2) is 39.6 Å². The van der Waals surface area contributed by atoms with E-state index in [0.717, 1.165) is 18.4 Å². The molecule has 0 aliphatic carbocycles. The van der Waals surface area contributed by atoms with Gasteiger partial charge in [-0.1, -0.05) is 70.2 Å². The van der Waals surface area contributed by atoms with Crippen LogP contribution in [0.3, 0.4) is 0 Å². The quantitative estimate of drug-likeness (QED) is 0.295. The molecule has 0 heterocycles. The summed E-state index contributed by atoms with van der Waals surface area (Å²) in [5.41, 5.74) is 3.85. The lowest BCUT2D eigenvalue weighted by Gasteiger charge is -2.34. The summed E-state index contributed by atoms with van der Waals surface area (Å²) in [5.74, 6) is -0.271. The van der Waals surface area contributed by atoms with Gasteiger partial charge in [-0.05, 0) is 73.4 Å².